The molecular formula is C15H18ClN3OS3. The molecular weight excluding hydrogens is 370 g/mol. The zero-order valence-corrected chi connectivity index (χ0v) is 16.1. The van der Waals surface area contributed by atoms with Crippen LogP contribution in [0.1, 0.15) is 26.7 Å². The first-order valence-corrected chi connectivity index (χ1v) is 10.3. The summed E-state index contributed by atoms with van der Waals surface area (Å²) >= 11 is 10.7. The fourth-order valence-electron chi connectivity index (χ4n) is 1.61. The van der Waals surface area contributed by atoms with Gasteiger partial charge in [0.2, 0.25) is 5.91 Å². The van der Waals surface area contributed by atoms with Crippen molar-refractivity contribution in [3.8, 4) is 0 Å². The highest BCUT2D eigenvalue weighted by atomic mass is 35.5. The summed E-state index contributed by atoms with van der Waals surface area (Å²) in [7, 11) is 0. The van der Waals surface area contributed by atoms with Gasteiger partial charge in [-0.25, -0.2) is 0 Å². The Labute approximate surface area is 153 Å². The number of amides is 1. The Morgan fingerprint density at radius 1 is 1.35 bits per heavy atom. The maximum Gasteiger partial charge on any atom is 0.237 e. The van der Waals surface area contributed by atoms with Crippen molar-refractivity contribution in [3.63, 3.8) is 0 Å². The van der Waals surface area contributed by atoms with E-state index in [0.29, 0.717) is 10.7 Å². The number of halogens is 1. The minimum Gasteiger partial charge on any atom is -0.324 e. The largest absolute Gasteiger partial charge is 0.324 e. The maximum atomic E-state index is 12.2. The first-order valence-electron chi connectivity index (χ1n) is 7.28. The van der Waals surface area contributed by atoms with Gasteiger partial charge in [0.25, 0.3) is 0 Å². The molecule has 1 amide bonds. The van der Waals surface area contributed by atoms with Crippen LogP contribution in [0.15, 0.2) is 32.9 Å². The zero-order chi connectivity index (χ0) is 16.7. The number of para-hydroxylation sites is 1. The van der Waals surface area contributed by atoms with Crippen molar-refractivity contribution in [3.05, 3.63) is 29.3 Å². The van der Waals surface area contributed by atoms with Crippen molar-refractivity contribution < 1.29 is 4.79 Å². The van der Waals surface area contributed by atoms with Crippen LogP contribution in [-0.4, -0.2) is 27.1 Å². The van der Waals surface area contributed by atoms with Crippen LogP contribution >= 0.6 is 46.5 Å². The highest BCUT2D eigenvalue weighted by Crippen LogP contribution is 2.32. The summed E-state index contributed by atoms with van der Waals surface area (Å²) in [5, 5.41) is 11.4. The molecule has 0 aliphatic carbocycles. The Bertz CT molecular complexity index is 650. The van der Waals surface area contributed by atoms with Crippen LogP contribution in [0.3, 0.4) is 0 Å². The zero-order valence-electron chi connectivity index (χ0n) is 12.9. The topological polar surface area (TPSA) is 54.9 Å². The predicted molar refractivity (Wildman–Crippen MR) is 101 cm³/mol. The molecule has 0 saturated carbocycles. The second kappa shape index (κ2) is 9.52. The Balaban J connectivity index is 1.87. The third-order valence-electron chi connectivity index (χ3n) is 2.89. The van der Waals surface area contributed by atoms with E-state index in [9.17, 15) is 4.79 Å². The number of thioether (sulfide) groups is 2. The lowest BCUT2D eigenvalue weighted by atomic mass is 10.3. The van der Waals surface area contributed by atoms with Gasteiger partial charge in [-0.3, -0.25) is 4.79 Å². The minimum atomic E-state index is -0.271. The van der Waals surface area contributed by atoms with Crippen LogP contribution < -0.4 is 5.32 Å². The monoisotopic (exact) mass is 387 g/mol. The predicted octanol–water partition coefficient (Wildman–Crippen LogP) is 5.20. The number of aromatic nitrogens is 2. The number of unbranched alkanes of at least 4 members (excludes halogenated alkanes) is 1. The molecule has 8 heteroatoms. The van der Waals surface area contributed by atoms with Crippen molar-refractivity contribution in [1.82, 2.24) is 10.2 Å². The molecule has 0 unspecified atom stereocenters. The van der Waals surface area contributed by atoms with Gasteiger partial charge in [0.15, 0.2) is 8.68 Å². The quantitative estimate of drug-likeness (QED) is 0.498. The molecule has 23 heavy (non-hydrogen) atoms. The van der Waals surface area contributed by atoms with Crippen LogP contribution in [0, 0.1) is 0 Å². The molecule has 0 aliphatic rings. The lowest BCUT2D eigenvalue weighted by molar-refractivity contribution is -0.115. The van der Waals surface area contributed by atoms with Gasteiger partial charge in [-0.1, -0.05) is 71.9 Å². The van der Waals surface area contributed by atoms with Gasteiger partial charge in [-0.05, 0) is 25.5 Å². The van der Waals surface area contributed by atoms with E-state index in [4.69, 9.17) is 11.6 Å². The number of nitrogens with zero attached hydrogens (tertiary/aromatic N) is 2. The van der Waals surface area contributed by atoms with E-state index in [0.717, 1.165) is 14.4 Å². The molecule has 1 heterocycles. The third kappa shape index (κ3) is 5.99. The van der Waals surface area contributed by atoms with E-state index in [-0.39, 0.29) is 11.2 Å². The molecule has 0 bridgehead atoms. The number of carbonyl (C=O) groups is 1. The van der Waals surface area contributed by atoms with Gasteiger partial charge < -0.3 is 5.32 Å². The van der Waals surface area contributed by atoms with Gasteiger partial charge in [-0.15, -0.1) is 10.2 Å². The fourth-order valence-corrected chi connectivity index (χ4v) is 5.11. The van der Waals surface area contributed by atoms with Crippen molar-refractivity contribution in [2.45, 2.75) is 40.6 Å². The van der Waals surface area contributed by atoms with Crippen LogP contribution in [0.2, 0.25) is 5.02 Å². The molecule has 0 spiro atoms. The number of hydrogen-bond donors (Lipinski definition) is 1. The highest BCUT2D eigenvalue weighted by Gasteiger charge is 2.18. The molecule has 1 aromatic carbocycles. The Kier molecular flexibility index (Phi) is 7.69. The number of rotatable bonds is 8. The molecule has 0 radical (unpaired) electrons. The molecule has 2 aromatic rings. The lowest BCUT2D eigenvalue weighted by Gasteiger charge is -2.11. The average molecular weight is 388 g/mol. The third-order valence-corrected chi connectivity index (χ3v) is 6.55. The second-order valence-electron chi connectivity index (χ2n) is 4.77. The number of anilines is 1. The molecule has 2 rings (SSSR count). The van der Waals surface area contributed by atoms with E-state index in [1.54, 1.807) is 23.9 Å². The van der Waals surface area contributed by atoms with Gasteiger partial charge >= 0.3 is 0 Å². The first kappa shape index (κ1) is 18.6. The second-order valence-corrected chi connectivity index (χ2v) is 9.08. The van der Waals surface area contributed by atoms with Gasteiger partial charge in [0.05, 0.1) is 16.0 Å². The molecule has 1 aromatic heterocycles. The number of benzene rings is 1. The van der Waals surface area contributed by atoms with E-state index in [1.165, 1.54) is 35.9 Å². The minimum absolute atomic E-state index is 0.0986. The summed E-state index contributed by atoms with van der Waals surface area (Å²) in [6, 6.07) is 7.20. The normalized spacial score (nSPS) is 12.1. The van der Waals surface area contributed by atoms with Crippen molar-refractivity contribution >= 4 is 58.1 Å². The van der Waals surface area contributed by atoms with E-state index >= 15 is 0 Å². The number of nitrogens with one attached hydrogen (secondary N) is 1. The summed E-state index contributed by atoms with van der Waals surface area (Å²) in [5.41, 5.74) is 0.625. The van der Waals surface area contributed by atoms with Crippen LogP contribution in [0.4, 0.5) is 5.69 Å². The standard InChI is InChI=1S/C15H18ClN3OS3/c1-3-4-9-21-14-18-19-15(23-14)22-10(2)13(20)17-12-8-6-5-7-11(12)16/h5-8,10H,3-4,9H2,1-2H3,(H,17,20)/t10-/m0/s1. The smallest absolute Gasteiger partial charge is 0.237 e. The summed E-state index contributed by atoms with van der Waals surface area (Å²) in [5.74, 6) is 0.955. The lowest BCUT2D eigenvalue weighted by Crippen LogP contribution is -2.22. The molecule has 0 aliphatic heterocycles. The average Bonchev–Trinajstić information content (AvgIpc) is 2.97. The SMILES string of the molecule is CCCCSc1nnc(S[C@@H](C)C(=O)Nc2ccccc2Cl)s1. The van der Waals surface area contributed by atoms with E-state index in [1.807, 2.05) is 19.1 Å². The van der Waals surface area contributed by atoms with Crippen LogP contribution in [0.5, 0.6) is 0 Å². The van der Waals surface area contributed by atoms with Gasteiger partial charge in [-0.2, -0.15) is 0 Å². The maximum absolute atomic E-state index is 12.2. The summed E-state index contributed by atoms with van der Waals surface area (Å²) in [6.07, 6.45) is 2.34. The Hall–Kier alpha value is -0.760. The molecule has 124 valence electrons. The Morgan fingerprint density at radius 2 is 2.09 bits per heavy atom. The summed E-state index contributed by atoms with van der Waals surface area (Å²) in [4.78, 5) is 12.2. The van der Waals surface area contributed by atoms with Crippen LogP contribution in [-0.2, 0) is 4.79 Å². The van der Waals surface area contributed by atoms with Crippen molar-refractivity contribution in [2.75, 3.05) is 11.1 Å². The van der Waals surface area contributed by atoms with Crippen molar-refractivity contribution in [1.29, 1.82) is 0 Å². The van der Waals surface area contributed by atoms with Gasteiger partial charge in [0.1, 0.15) is 0 Å². The molecule has 0 fully saturated rings. The molecule has 0 saturated heterocycles. The molecule has 1 N–H and O–H groups in total. The number of carbonyl (C=O) groups excluding carboxylic acids is 1. The summed E-state index contributed by atoms with van der Waals surface area (Å²) in [6.45, 7) is 4.02. The Morgan fingerprint density at radius 3 is 2.83 bits per heavy atom. The van der Waals surface area contributed by atoms with Gasteiger partial charge in [0, 0.05) is 5.75 Å². The number of hydrogen-bond acceptors (Lipinski definition) is 6. The van der Waals surface area contributed by atoms with E-state index < -0.39 is 0 Å². The molecule has 4 nitrogen and oxygen atoms in total. The van der Waals surface area contributed by atoms with Crippen molar-refractivity contribution in [2.24, 2.45) is 0 Å². The van der Waals surface area contributed by atoms with E-state index in [2.05, 4.69) is 22.4 Å². The first-order chi connectivity index (χ1) is 11.1. The summed E-state index contributed by atoms with van der Waals surface area (Å²) < 4.78 is 1.77. The highest BCUT2D eigenvalue weighted by molar-refractivity contribution is 8.03. The fraction of sp³-hybridized carbons (Fsp3) is 0.400. The van der Waals surface area contributed by atoms with Crippen LogP contribution in [0.25, 0.3) is 0 Å². The molecule has 1 atom stereocenters.